The first-order chi connectivity index (χ1) is 8.08. The summed E-state index contributed by atoms with van der Waals surface area (Å²) in [5, 5.41) is 0. The van der Waals surface area contributed by atoms with Crippen molar-refractivity contribution in [2.45, 2.75) is 45.8 Å². The normalized spacial score (nSPS) is 29.8. The summed E-state index contributed by atoms with van der Waals surface area (Å²) < 4.78 is 6.03. The number of carbonyl (C=O) groups excluding carboxylic acids is 1. The third-order valence-corrected chi connectivity index (χ3v) is 4.09. The maximum absolute atomic E-state index is 11.6. The summed E-state index contributed by atoms with van der Waals surface area (Å²) in [7, 11) is 0. The molecule has 17 heavy (non-hydrogen) atoms. The molecule has 0 radical (unpaired) electrons. The average molecular weight is 232 g/mol. The first-order valence-electron chi connectivity index (χ1n) is 6.31. The monoisotopic (exact) mass is 232 g/mol. The van der Waals surface area contributed by atoms with Gasteiger partial charge in [-0.15, -0.1) is 0 Å². The molecule has 1 saturated carbocycles. The van der Waals surface area contributed by atoms with Crippen LogP contribution in [0.3, 0.4) is 0 Å². The van der Waals surface area contributed by atoms with Crippen LogP contribution in [0.2, 0.25) is 0 Å². The zero-order valence-electron chi connectivity index (χ0n) is 10.8. The highest BCUT2D eigenvalue weighted by Crippen LogP contribution is 2.44. The lowest BCUT2D eigenvalue weighted by Crippen LogP contribution is -2.53. The Labute approximate surface area is 103 Å². The van der Waals surface area contributed by atoms with Crippen LogP contribution in [0, 0.1) is 5.41 Å². The van der Waals surface area contributed by atoms with E-state index in [0.717, 1.165) is 6.42 Å². The fourth-order valence-corrected chi connectivity index (χ4v) is 2.35. The molecule has 92 valence electrons. The molecular formula is C15H20O2. The van der Waals surface area contributed by atoms with Gasteiger partial charge in [0.2, 0.25) is 0 Å². The molecule has 0 heterocycles. The van der Waals surface area contributed by atoms with Gasteiger partial charge in [-0.1, -0.05) is 44.2 Å². The van der Waals surface area contributed by atoms with Gasteiger partial charge in [-0.05, 0) is 18.9 Å². The molecule has 1 aliphatic rings. The van der Waals surface area contributed by atoms with Crippen molar-refractivity contribution in [3.63, 3.8) is 0 Å². The largest absolute Gasteiger partial charge is 0.369 e. The van der Waals surface area contributed by atoms with E-state index in [-0.39, 0.29) is 17.6 Å². The SMILES string of the molecule is CCC1(C)C(=O)CC1OC(C)c1ccccc1. The second-order valence-corrected chi connectivity index (χ2v) is 5.08. The van der Waals surface area contributed by atoms with E-state index in [2.05, 4.69) is 19.1 Å². The molecule has 1 aromatic carbocycles. The molecule has 2 heteroatoms. The molecule has 2 rings (SSSR count). The van der Waals surface area contributed by atoms with Crippen LogP contribution in [0.15, 0.2) is 30.3 Å². The van der Waals surface area contributed by atoms with E-state index in [1.54, 1.807) is 0 Å². The fraction of sp³-hybridized carbons (Fsp3) is 0.533. The Kier molecular flexibility index (Phi) is 3.34. The second kappa shape index (κ2) is 4.61. The van der Waals surface area contributed by atoms with E-state index in [1.807, 2.05) is 32.0 Å². The lowest BCUT2D eigenvalue weighted by molar-refractivity contribution is -0.168. The minimum atomic E-state index is -0.261. The number of hydrogen-bond acceptors (Lipinski definition) is 2. The summed E-state index contributed by atoms with van der Waals surface area (Å²) in [4.78, 5) is 11.6. The predicted octanol–water partition coefficient (Wildman–Crippen LogP) is 3.52. The van der Waals surface area contributed by atoms with Crippen molar-refractivity contribution in [3.8, 4) is 0 Å². The Morgan fingerprint density at radius 3 is 2.59 bits per heavy atom. The number of ketones is 1. The summed E-state index contributed by atoms with van der Waals surface area (Å²) in [5.74, 6) is 0.338. The second-order valence-electron chi connectivity index (χ2n) is 5.08. The molecule has 1 aromatic rings. The van der Waals surface area contributed by atoms with Crippen molar-refractivity contribution >= 4 is 5.78 Å². The smallest absolute Gasteiger partial charge is 0.143 e. The first-order valence-corrected chi connectivity index (χ1v) is 6.31. The van der Waals surface area contributed by atoms with E-state index in [4.69, 9.17) is 4.74 Å². The van der Waals surface area contributed by atoms with Crippen LogP contribution in [0.1, 0.15) is 45.3 Å². The van der Waals surface area contributed by atoms with Crippen LogP contribution < -0.4 is 0 Å². The summed E-state index contributed by atoms with van der Waals surface area (Å²) in [6.45, 7) is 6.12. The molecule has 3 unspecified atom stereocenters. The van der Waals surface area contributed by atoms with Crippen LogP contribution in [0.25, 0.3) is 0 Å². The third-order valence-electron chi connectivity index (χ3n) is 4.09. The minimum absolute atomic E-state index is 0.0557. The van der Waals surface area contributed by atoms with Gasteiger partial charge in [0, 0.05) is 6.42 Å². The zero-order chi connectivity index (χ0) is 12.5. The molecule has 0 spiro atoms. The van der Waals surface area contributed by atoms with Crippen molar-refractivity contribution in [2.75, 3.05) is 0 Å². The molecule has 1 fully saturated rings. The Balaban J connectivity index is 2.01. The molecule has 1 aliphatic carbocycles. The lowest BCUT2D eigenvalue weighted by atomic mass is 9.64. The van der Waals surface area contributed by atoms with Crippen LogP contribution in [0.5, 0.6) is 0 Å². The molecule has 2 nitrogen and oxygen atoms in total. The Morgan fingerprint density at radius 2 is 2.06 bits per heavy atom. The van der Waals surface area contributed by atoms with Crippen LogP contribution in [-0.4, -0.2) is 11.9 Å². The van der Waals surface area contributed by atoms with Gasteiger partial charge in [-0.25, -0.2) is 0 Å². The van der Waals surface area contributed by atoms with Gasteiger partial charge in [-0.3, -0.25) is 4.79 Å². The molecule has 0 amide bonds. The van der Waals surface area contributed by atoms with Gasteiger partial charge >= 0.3 is 0 Å². The maximum atomic E-state index is 11.6. The van der Waals surface area contributed by atoms with Crippen molar-refractivity contribution in [1.82, 2.24) is 0 Å². The quantitative estimate of drug-likeness (QED) is 0.794. The minimum Gasteiger partial charge on any atom is -0.369 e. The van der Waals surface area contributed by atoms with E-state index >= 15 is 0 Å². The van der Waals surface area contributed by atoms with Gasteiger partial charge in [0.15, 0.2) is 0 Å². The number of rotatable bonds is 4. The van der Waals surface area contributed by atoms with Gasteiger partial charge < -0.3 is 4.74 Å². The lowest BCUT2D eigenvalue weighted by Gasteiger charge is -2.45. The Bertz CT molecular complexity index is 399. The standard InChI is InChI=1S/C15H20O2/c1-4-15(3)13(16)10-14(15)17-11(2)12-8-6-5-7-9-12/h5-9,11,14H,4,10H2,1-3H3. The predicted molar refractivity (Wildman–Crippen MR) is 67.8 cm³/mol. The number of hydrogen-bond donors (Lipinski definition) is 0. The molecular weight excluding hydrogens is 212 g/mol. The Hall–Kier alpha value is -1.15. The van der Waals surface area contributed by atoms with Gasteiger partial charge in [-0.2, -0.15) is 0 Å². The molecule has 0 N–H and O–H groups in total. The van der Waals surface area contributed by atoms with Crippen molar-refractivity contribution in [3.05, 3.63) is 35.9 Å². The topological polar surface area (TPSA) is 26.3 Å². The van der Waals surface area contributed by atoms with Crippen molar-refractivity contribution < 1.29 is 9.53 Å². The molecule has 0 bridgehead atoms. The van der Waals surface area contributed by atoms with E-state index in [1.165, 1.54) is 5.56 Å². The summed E-state index contributed by atoms with van der Waals surface area (Å²) in [6, 6.07) is 10.2. The first kappa shape index (κ1) is 12.3. The Morgan fingerprint density at radius 1 is 1.41 bits per heavy atom. The van der Waals surface area contributed by atoms with Gasteiger partial charge in [0.05, 0.1) is 17.6 Å². The molecule has 0 aromatic heterocycles. The van der Waals surface area contributed by atoms with Crippen LogP contribution >= 0.6 is 0 Å². The van der Waals surface area contributed by atoms with E-state index < -0.39 is 0 Å². The number of Topliss-reactive ketones (excluding diaryl/α,β-unsaturated/α-hetero) is 1. The number of ether oxygens (including phenoxy) is 1. The van der Waals surface area contributed by atoms with E-state index in [9.17, 15) is 4.79 Å². The number of benzene rings is 1. The van der Waals surface area contributed by atoms with Gasteiger partial charge in [0.25, 0.3) is 0 Å². The maximum Gasteiger partial charge on any atom is 0.143 e. The van der Waals surface area contributed by atoms with Crippen molar-refractivity contribution in [1.29, 1.82) is 0 Å². The average Bonchev–Trinajstić information content (AvgIpc) is 2.38. The summed E-state index contributed by atoms with van der Waals surface area (Å²) in [5.41, 5.74) is 0.911. The highest BCUT2D eigenvalue weighted by atomic mass is 16.5. The van der Waals surface area contributed by atoms with Crippen LogP contribution in [0.4, 0.5) is 0 Å². The zero-order valence-corrected chi connectivity index (χ0v) is 10.8. The molecule has 3 atom stereocenters. The number of carbonyl (C=O) groups is 1. The van der Waals surface area contributed by atoms with Crippen molar-refractivity contribution in [2.24, 2.45) is 5.41 Å². The fourth-order valence-electron chi connectivity index (χ4n) is 2.35. The highest BCUT2D eigenvalue weighted by Gasteiger charge is 2.51. The van der Waals surface area contributed by atoms with Crippen LogP contribution in [-0.2, 0) is 9.53 Å². The summed E-state index contributed by atoms with van der Waals surface area (Å²) in [6.07, 6.45) is 1.56. The molecule has 0 aliphatic heterocycles. The van der Waals surface area contributed by atoms with E-state index in [0.29, 0.717) is 12.2 Å². The van der Waals surface area contributed by atoms with Gasteiger partial charge in [0.1, 0.15) is 5.78 Å². The molecule has 0 saturated heterocycles. The highest BCUT2D eigenvalue weighted by molar-refractivity contribution is 5.91. The summed E-state index contributed by atoms with van der Waals surface area (Å²) >= 11 is 0. The third kappa shape index (κ3) is 2.14.